The minimum Gasteiger partial charge on any atom is -0.353 e. The molecule has 0 spiro atoms. The van der Waals surface area contributed by atoms with Gasteiger partial charge in [-0.05, 0) is 51.8 Å². The van der Waals surface area contributed by atoms with E-state index >= 15 is 0 Å². The van der Waals surface area contributed by atoms with Crippen LogP contribution in [0.5, 0.6) is 0 Å². The molecule has 1 fully saturated rings. The van der Waals surface area contributed by atoms with Crippen molar-refractivity contribution in [1.29, 1.82) is 0 Å². The summed E-state index contributed by atoms with van der Waals surface area (Å²) in [5.41, 5.74) is 1.22. The fourth-order valence-electron chi connectivity index (χ4n) is 2.52. The third-order valence-corrected chi connectivity index (χ3v) is 3.64. The van der Waals surface area contributed by atoms with Gasteiger partial charge in [0.15, 0.2) is 0 Å². The van der Waals surface area contributed by atoms with E-state index in [-0.39, 0.29) is 0 Å². The Morgan fingerprint density at radius 2 is 2.22 bits per heavy atom. The highest BCUT2D eigenvalue weighted by Gasteiger charge is 2.19. The Morgan fingerprint density at radius 1 is 1.39 bits per heavy atom. The molecule has 2 heterocycles. The number of nitrogens with one attached hydrogen (secondary N) is 1. The van der Waals surface area contributed by atoms with Crippen molar-refractivity contribution in [3.05, 3.63) is 23.9 Å². The number of nitrogens with zero attached hydrogens (tertiary/aromatic N) is 2. The quantitative estimate of drug-likeness (QED) is 0.886. The SMILES string of the molecule is Cc1ccc(N(CC2CCCCN2)C(C)C)nc1. The first-order valence-corrected chi connectivity index (χ1v) is 7.09. The van der Waals surface area contributed by atoms with Crippen LogP contribution in [-0.2, 0) is 0 Å². The summed E-state index contributed by atoms with van der Waals surface area (Å²) >= 11 is 0. The first-order chi connectivity index (χ1) is 8.66. The maximum absolute atomic E-state index is 4.56. The summed E-state index contributed by atoms with van der Waals surface area (Å²) in [4.78, 5) is 6.97. The second-order valence-corrected chi connectivity index (χ2v) is 5.59. The highest BCUT2D eigenvalue weighted by Crippen LogP contribution is 2.17. The van der Waals surface area contributed by atoms with E-state index in [0.29, 0.717) is 12.1 Å². The molecule has 1 atom stereocenters. The highest BCUT2D eigenvalue weighted by molar-refractivity contribution is 5.40. The molecule has 1 unspecified atom stereocenters. The zero-order chi connectivity index (χ0) is 13.0. The number of anilines is 1. The Labute approximate surface area is 111 Å². The molecule has 3 nitrogen and oxygen atoms in total. The Bertz CT molecular complexity index is 353. The highest BCUT2D eigenvalue weighted by atomic mass is 15.2. The van der Waals surface area contributed by atoms with Gasteiger partial charge in [0.05, 0.1) is 0 Å². The van der Waals surface area contributed by atoms with Gasteiger partial charge in [-0.25, -0.2) is 4.98 Å². The van der Waals surface area contributed by atoms with Crippen LogP contribution in [0.15, 0.2) is 18.3 Å². The Morgan fingerprint density at radius 3 is 2.78 bits per heavy atom. The molecular formula is C15H25N3. The molecule has 0 aromatic carbocycles. The summed E-state index contributed by atoms with van der Waals surface area (Å²) in [6.07, 6.45) is 5.92. The normalized spacial score (nSPS) is 20.1. The van der Waals surface area contributed by atoms with Crippen molar-refractivity contribution >= 4 is 5.82 Å². The Kier molecular flexibility index (Phi) is 4.59. The van der Waals surface area contributed by atoms with Crippen LogP contribution < -0.4 is 10.2 Å². The number of hydrogen-bond acceptors (Lipinski definition) is 3. The van der Waals surface area contributed by atoms with E-state index in [2.05, 4.69) is 48.1 Å². The minimum absolute atomic E-state index is 0.490. The van der Waals surface area contributed by atoms with Crippen molar-refractivity contribution in [2.24, 2.45) is 0 Å². The van der Waals surface area contributed by atoms with Crippen LogP contribution in [0.4, 0.5) is 5.82 Å². The van der Waals surface area contributed by atoms with Gasteiger partial charge >= 0.3 is 0 Å². The van der Waals surface area contributed by atoms with E-state index in [9.17, 15) is 0 Å². The maximum atomic E-state index is 4.56. The number of hydrogen-bond donors (Lipinski definition) is 1. The molecule has 3 heteroatoms. The lowest BCUT2D eigenvalue weighted by Crippen LogP contribution is -2.46. The van der Waals surface area contributed by atoms with E-state index in [1.165, 1.54) is 24.8 Å². The molecule has 0 amide bonds. The maximum Gasteiger partial charge on any atom is 0.128 e. The predicted molar refractivity (Wildman–Crippen MR) is 77.1 cm³/mol. The zero-order valence-electron chi connectivity index (χ0n) is 11.8. The molecule has 2 rings (SSSR count). The van der Waals surface area contributed by atoms with Crippen LogP contribution in [0, 0.1) is 6.92 Å². The van der Waals surface area contributed by atoms with Crippen LogP contribution >= 0.6 is 0 Å². The smallest absolute Gasteiger partial charge is 0.128 e. The molecule has 1 saturated heterocycles. The Balaban J connectivity index is 2.05. The number of aromatic nitrogens is 1. The molecule has 0 radical (unpaired) electrons. The van der Waals surface area contributed by atoms with Crippen LogP contribution in [0.2, 0.25) is 0 Å². The van der Waals surface area contributed by atoms with Crippen molar-refractivity contribution in [3.63, 3.8) is 0 Å². The molecule has 1 N–H and O–H groups in total. The number of rotatable bonds is 4. The molecule has 1 aliphatic heterocycles. The largest absolute Gasteiger partial charge is 0.353 e. The van der Waals surface area contributed by atoms with E-state index < -0.39 is 0 Å². The van der Waals surface area contributed by atoms with Gasteiger partial charge in [-0.2, -0.15) is 0 Å². The molecule has 0 saturated carbocycles. The topological polar surface area (TPSA) is 28.2 Å². The first-order valence-electron chi connectivity index (χ1n) is 7.09. The fourth-order valence-corrected chi connectivity index (χ4v) is 2.52. The average Bonchev–Trinajstić information content (AvgIpc) is 2.38. The molecule has 1 aromatic heterocycles. The van der Waals surface area contributed by atoms with Crippen LogP contribution in [0.3, 0.4) is 0 Å². The summed E-state index contributed by atoms with van der Waals surface area (Å²) in [7, 11) is 0. The minimum atomic E-state index is 0.490. The van der Waals surface area contributed by atoms with E-state index in [1.807, 2.05) is 6.20 Å². The van der Waals surface area contributed by atoms with Gasteiger partial charge in [-0.15, -0.1) is 0 Å². The summed E-state index contributed by atoms with van der Waals surface area (Å²) in [5.74, 6) is 1.10. The van der Waals surface area contributed by atoms with Crippen molar-refractivity contribution in [1.82, 2.24) is 10.3 Å². The lowest BCUT2D eigenvalue weighted by molar-refractivity contribution is 0.392. The zero-order valence-corrected chi connectivity index (χ0v) is 11.8. The number of aryl methyl sites for hydroxylation is 1. The van der Waals surface area contributed by atoms with Gasteiger partial charge in [-0.1, -0.05) is 12.5 Å². The summed E-state index contributed by atoms with van der Waals surface area (Å²) in [6, 6.07) is 5.39. The van der Waals surface area contributed by atoms with Crippen molar-refractivity contribution < 1.29 is 0 Å². The lowest BCUT2D eigenvalue weighted by atomic mass is 10.0. The lowest BCUT2D eigenvalue weighted by Gasteiger charge is -2.34. The van der Waals surface area contributed by atoms with E-state index in [1.54, 1.807) is 0 Å². The van der Waals surface area contributed by atoms with Gasteiger partial charge < -0.3 is 10.2 Å². The molecule has 18 heavy (non-hydrogen) atoms. The molecule has 1 aromatic rings. The van der Waals surface area contributed by atoms with E-state index in [0.717, 1.165) is 18.9 Å². The van der Waals surface area contributed by atoms with E-state index in [4.69, 9.17) is 0 Å². The Hall–Kier alpha value is -1.09. The van der Waals surface area contributed by atoms with Crippen molar-refractivity contribution in [2.75, 3.05) is 18.0 Å². The summed E-state index contributed by atoms with van der Waals surface area (Å²) in [6.45, 7) is 8.79. The van der Waals surface area contributed by atoms with Crippen molar-refractivity contribution in [2.45, 2.75) is 52.1 Å². The van der Waals surface area contributed by atoms with Gasteiger partial charge in [0.1, 0.15) is 5.82 Å². The van der Waals surface area contributed by atoms with Crippen LogP contribution in [0.1, 0.15) is 38.7 Å². The van der Waals surface area contributed by atoms with Gasteiger partial charge in [0, 0.05) is 24.8 Å². The standard InChI is InChI=1S/C15H25N3/c1-12(2)18(11-14-6-4-5-9-16-14)15-8-7-13(3)10-17-15/h7-8,10,12,14,16H,4-6,9,11H2,1-3H3. The van der Waals surface area contributed by atoms with Crippen LogP contribution in [-0.4, -0.2) is 30.2 Å². The fraction of sp³-hybridized carbons (Fsp3) is 0.667. The molecule has 0 bridgehead atoms. The summed E-state index contributed by atoms with van der Waals surface area (Å²) < 4.78 is 0. The molecule has 100 valence electrons. The second kappa shape index (κ2) is 6.19. The van der Waals surface area contributed by atoms with Gasteiger partial charge in [0.2, 0.25) is 0 Å². The molecule has 0 aliphatic carbocycles. The third-order valence-electron chi connectivity index (χ3n) is 3.64. The monoisotopic (exact) mass is 247 g/mol. The number of piperidine rings is 1. The third kappa shape index (κ3) is 3.45. The first kappa shape index (κ1) is 13.3. The van der Waals surface area contributed by atoms with Gasteiger partial charge in [-0.3, -0.25) is 0 Å². The predicted octanol–water partition coefficient (Wildman–Crippen LogP) is 2.75. The van der Waals surface area contributed by atoms with Crippen LogP contribution in [0.25, 0.3) is 0 Å². The molecular weight excluding hydrogens is 222 g/mol. The number of pyridine rings is 1. The second-order valence-electron chi connectivity index (χ2n) is 5.59. The van der Waals surface area contributed by atoms with Gasteiger partial charge in [0.25, 0.3) is 0 Å². The van der Waals surface area contributed by atoms with Crippen molar-refractivity contribution in [3.8, 4) is 0 Å². The summed E-state index contributed by atoms with van der Waals surface area (Å²) in [5, 5.41) is 3.62. The average molecular weight is 247 g/mol. The molecule has 1 aliphatic rings.